The lowest BCUT2D eigenvalue weighted by molar-refractivity contribution is 0.320. The Labute approximate surface area is 193 Å². The standard InChI is InChI=1S/C26H29N5S/c1-26(2)11-8-20-21(15-26)32-25-22(20)24(30-23(31-25)18-9-12-28-13-10-18)29-16-19(27)14-17-6-4-3-5-7-17/h3-7,9-10,12-13,19H,8,11,14-16,27H2,1-2H3,(H,29,30,31)/t19-/m0/s1. The van der Waals surface area contributed by atoms with Gasteiger partial charge in [-0.1, -0.05) is 44.2 Å². The number of rotatable bonds is 6. The lowest BCUT2D eigenvalue weighted by Crippen LogP contribution is -2.31. The van der Waals surface area contributed by atoms with Gasteiger partial charge in [-0.2, -0.15) is 0 Å². The summed E-state index contributed by atoms with van der Waals surface area (Å²) < 4.78 is 0. The van der Waals surface area contributed by atoms with Crippen LogP contribution in [0.1, 0.15) is 36.3 Å². The van der Waals surface area contributed by atoms with Crippen LogP contribution in [0.3, 0.4) is 0 Å². The quantitative estimate of drug-likeness (QED) is 0.426. The van der Waals surface area contributed by atoms with Crippen LogP contribution in [0.2, 0.25) is 0 Å². The van der Waals surface area contributed by atoms with Crippen LogP contribution in [0.5, 0.6) is 0 Å². The molecule has 1 aliphatic rings. The van der Waals surface area contributed by atoms with Gasteiger partial charge in [0.25, 0.3) is 0 Å². The number of fused-ring (bicyclic) bond motifs is 3. The second kappa shape index (κ2) is 8.60. The number of hydrogen-bond acceptors (Lipinski definition) is 6. The third-order valence-corrected chi connectivity index (χ3v) is 7.36. The monoisotopic (exact) mass is 443 g/mol. The van der Waals surface area contributed by atoms with Gasteiger partial charge in [0.05, 0.1) is 5.39 Å². The third kappa shape index (κ3) is 4.38. The second-order valence-electron chi connectivity index (χ2n) is 9.49. The van der Waals surface area contributed by atoms with Crippen LogP contribution in [-0.2, 0) is 19.3 Å². The largest absolute Gasteiger partial charge is 0.368 e. The number of nitrogens with zero attached hydrogens (tertiary/aromatic N) is 3. The van der Waals surface area contributed by atoms with Crippen molar-refractivity contribution in [1.29, 1.82) is 0 Å². The molecule has 0 fully saturated rings. The molecule has 0 bridgehead atoms. The molecule has 0 saturated carbocycles. The first-order valence-electron chi connectivity index (χ1n) is 11.2. The van der Waals surface area contributed by atoms with Gasteiger partial charge in [0.15, 0.2) is 5.82 Å². The molecule has 32 heavy (non-hydrogen) atoms. The van der Waals surface area contributed by atoms with Gasteiger partial charge in [-0.15, -0.1) is 11.3 Å². The molecule has 1 aromatic carbocycles. The van der Waals surface area contributed by atoms with E-state index in [1.54, 1.807) is 12.4 Å². The van der Waals surface area contributed by atoms with Crippen molar-refractivity contribution in [3.63, 3.8) is 0 Å². The highest BCUT2D eigenvalue weighted by atomic mass is 32.1. The summed E-state index contributed by atoms with van der Waals surface area (Å²) in [6.07, 6.45) is 7.76. The maximum absolute atomic E-state index is 6.48. The fourth-order valence-corrected chi connectivity index (χ4v) is 5.95. The zero-order valence-electron chi connectivity index (χ0n) is 18.6. The minimum Gasteiger partial charge on any atom is -0.368 e. The number of nitrogens with two attached hydrogens (primary N) is 1. The normalized spacial score (nSPS) is 16.0. The lowest BCUT2D eigenvalue weighted by atomic mass is 9.77. The van der Waals surface area contributed by atoms with E-state index < -0.39 is 0 Å². The van der Waals surface area contributed by atoms with Crippen LogP contribution in [0.4, 0.5) is 5.82 Å². The smallest absolute Gasteiger partial charge is 0.163 e. The van der Waals surface area contributed by atoms with E-state index in [-0.39, 0.29) is 6.04 Å². The Morgan fingerprint density at radius 3 is 2.66 bits per heavy atom. The Kier molecular flexibility index (Phi) is 5.66. The molecule has 0 radical (unpaired) electrons. The molecule has 0 unspecified atom stereocenters. The molecule has 1 atom stereocenters. The molecule has 0 aliphatic heterocycles. The fraction of sp³-hybridized carbons (Fsp3) is 0.346. The van der Waals surface area contributed by atoms with E-state index in [9.17, 15) is 0 Å². The van der Waals surface area contributed by atoms with Gasteiger partial charge < -0.3 is 11.1 Å². The number of anilines is 1. The average molecular weight is 444 g/mol. The predicted octanol–water partition coefficient (Wildman–Crippen LogP) is 5.25. The maximum atomic E-state index is 6.48. The van der Waals surface area contributed by atoms with Crippen molar-refractivity contribution in [2.45, 2.75) is 45.6 Å². The van der Waals surface area contributed by atoms with Crippen molar-refractivity contribution in [2.75, 3.05) is 11.9 Å². The molecule has 3 N–H and O–H groups in total. The first-order chi connectivity index (χ1) is 15.5. The number of hydrogen-bond donors (Lipinski definition) is 2. The summed E-state index contributed by atoms with van der Waals surface area (Å²) in [5, 5.41) is 4.78. The Morgan fingerprint density at radius 1 is 1.09 bits per heavy atom. The van der Waals surface area contributed by atoms with E-state index in [0.717, 1.165) is 41.3 Å². The summed E-state index contributed by atoms with van der Waals surface area (Å²) in [6, 6.07) is 14.3. The van der Waals surface area contributed by atoms with E-state index >= 15 is 0 Å². The van der Waals surface area contributed by atoms with Crippen LogP contribution >= 0.6 is 11.3 Å². The van der Waals surface area contributed by atoms with Crippen LogP contribution in [0, 0.1) is 5.41 Å². The van der Waals surface area contributed by atoms with E-state index in [0.29, 0.717) is 12.0 Å². The van der Waals surface area contributed by atoms with Crippen LogP contribution in [0.15, 0.2) is 54.9 Å². The Balaban J connectivity index is 1.49. The van der Waals surface area contributed by atoms with Crippen molar-refractivity contribution >= 4 is 27.4 Å². The van der Waals surface area contributed by atoms with Gasteiger partial charge >= 0.3 is 0 Å². The lowest BCUT2D eigenvalue weighted by Gasteiger charge is -2.29. The van der Waals surface area contributed by atoms with Gasteiger partial charge in [-0.3, -0.25) is 4.98 Å². The van der Waals surface area contributed by atoms with Crippen molar-refractivity contribution in [3.8, 4) is 11.4 Å². The van der Waals surface area contributed by atoms with E-state index in [2.05, 4.69) is 48.4 Å². The molecular formula is C26H29N5S. The molecule has 1 aliphatic carbocycles. The molecule has 0 saturated heterocycles. The SMILES string of the molecule is CC1(C)CCc2c(sc3nc(-c4ccncc4)nc(NC[C@@H](N)Cc4ccccc4)c23)C1. The van der Waals surface area contributed by atoms with E-state index in [4.69, 9.17) is 15.7 Å². The van der Waals surface area contributed by atoms with Crippen LogP contribution in [-0.4, -0.2) is 27.5 Å². The average Bonchev–Trinajstić information content (AvgIpc) is 3.15. The number of aryl methyl sites for hydroxylation is 1. The highest BCUT2D eigenvalue weighted by molar-refractivity contribution is 7.19. The minimum absolute atomic E-state index is 0.000172. The summed E-state index contributed by atoms with van der Waals surface area (Å²) in [6.45, 7) is 5.37. The third-order valence-electron chi connectivity index (χ3n) is 6.24. The van der Waals surface area contributed by atoms with E-state index in [1.807, 2.05) is 29.5 Å². The van der Waals surface area contributed by atoms with Gasteiger partial charge in [0.1, 0.15) is 10.6 Å². The topological polar surface area (TPSA) is 76.7 Å². The minimum atomic E-state index is 0.000172. The summed E-state index contributed by atoms with van der Waals surface area (Å²) in [5.41, 5.74) is 10.5. The second-order valence-corrected chi connectivity index (χ2v) is 10.6. The zero-order valence-corrected chi connectivity index (χ0v) is 19.5. The summed E-state index contributed by atoms with van der Waals surface area (Å²) in [4.78, 5) is 16.6. The molecule has 0 spiro atoms. The fourth-order valence-electron chi connectivity index (χ4n) is 4.47. The molecule has 3 heterocycles. The number of nitrogens with one attached hydrogen (secondary N) is 1. The molecule has 5 nitrogen and oxygen atoms in total. The highest BCUT2D eigenvalue weighted by Crippen LogP contribution is 2.44. The number of benzene rings is 1. The summed E-state index contributed by atoms with van der Waals surface area (Å²) >= 11 is 1.82. The summed E-state index contributed by atoms with van der Waals surface area (Å²) in [5.74, 6) is 1.64. The zero-order chi connectivity index (χ0) is 22.1. The Hall–Kier alpha value is -2.83. The molecule has 164 valence electrons. The molecule has 4 aromatic rings. The maximum Gasteiger partial charge on any atom is 0.163 e. The summed E-state index contributed by atoms with van der Waals surface area (Å²) in [7, 11) is 0. The Morgan fingerprint density at radius 2 is 1.88 bits per heavy atom. The van der Waals surface area contributed by atoms with Gasteiger partial charge in [-0.05, 0) is 54.4 Å². The van der Waals surface area contributed by atoms with Crippen LogP contribution in [0.25, 0.3) is 21.6 Å². The predicted molar refractivity (Wildman–Crippen MR) is 133 cm³/mol. The first kappa shape index (κ1) is 21.0. The van der Waals surface area contributed by atoms with E-state index in [1.165, 1.54) is 27.8 Å². The van der Waals surface area contributed by atoms with Gasteiger partial charge in [0, 0.05) is 35.4 Å². The number of aromatic nitrogens is 3. The Bertz CT molecular complexity index is 1220. The number of pyridine rings is 1. The van der Waals surface area contributed by atoms with Crippen molar-refractivity contribution in [1.82, 2.24) is 15.0 Å². The highest BCUT2D eigenvalue weighted by Gasteiger charge is 2.30. The van der Waals surface area contributed by atoms with Crippen molar-refractivity contribution < 1.29 is 0 Å². The van der Waals surface area contributed by atoms with Gasteiger partial charge in [0.2, 0.25) is 0 Å². The van der Waals surface area contributed by atoms with Crippen molar-refractivity contribution in [3.05, 3.63) is 70.9 Å². The molecule has 6 heteroatoms. The van der Waals surface area contributed by atoms with Crippen molar-refractivity contribution in [2.24, 2.45) is 11.1 Å². The van der Waals surface area contributed by atoms with Gasteiger partial charge in [-0.25, -0.2) is 9.97 Å². The van der Waals surface area contributed by atoms with Crippen LogP contribution < -0.4 is 11.1 Å². The molecular weight excluding hydrogens is 414 g/mol. The number of thiophene rings is 1. The molecule has 5 rings (SSSR count). The molecule has 0 amide bonds. The molecule has 3 aromatic heterocycles. The first-order valence-corrected chi connectivity index (χ1v) is 12.1.